The molecule has 3 saturated carbocycles. The van der Waals surface area contributed by atoms with Gasteiger partial charge in [-0.2, -0.15) is 0 Å². The molecule has 6 unspecified atom stereocenters. The molecule has 9 atom stereocenters. The Kier molecular flexibility index (Phi) is 9.79. The number of halogens is 1. The number of morpholine rings is 1. The van der Waals surface area contributed by atoms with E-state index in [0.717, 1.165) is 55.1 Å². The fourth-order valence-electron chi connectivity index (χ4n) is 9.90. The molecular weight excluding hydrogens is 687 g/mol. The van der Waals surface area contributed by atoms with Crippen molar-refractivity contribution in [1.29, 1.82) is 0 Å². The van der Waals surface area contributed by atoms with E-state index in [2.05, 4.69) is 22.9 Å². The number of fused-ring (bicyclic) bond motifs is 4. The number of allylic oxidation sites excluding steroid dienone is 2. The average molecular weight is 739 g/mol. The van der Waals surface area contributed by atoms with Gasteiger partial charge in [-0.3, -0.25) is 9.59 Å². The van der Waals surface area contributed by atoms with Gasteiger partial charge in [0.2, 0.25) is 0 Å². The van der Waals surface area contributed by atoms with Crippen molar-refractivity contribution in [1.82, 2.24) is 20.0 Å². The van der Waals surface area contributed by atoms with Crippen molar-refractivity contribution in [3.05, 3.63) is 89.7 Å². The topological polar surface area (TPSA) is 101 Å². The van der Waals surface area contributed by atoms with Gasteiger partial charge in [-0.15, -0.1) is 6.58 Å². The number of nitrogens with one attached hydrogen (secondary N) is 1. The summed E-state index contributed by atoms with van der Waals surface area (Å²) >= 11 is 0. The summed E-state index contributed by atoms with van der Waals surface area (Å²) in [5.74, 6) is -0.697. The molecule has 2 aromatic carbocycles. The number of esters is 1. The fourth-order valence-corrected chi connectivity index (χ4v) is 9.90. The van der Waals surface area contributed by atoms with Crippen LogP contribution in [0.15, 0.2) is 84.2 Å². The lowest BCUT2D eigenvalue weighted by atomic mass is 9.58. The Bertz CT molecular complexity index is 1950. The number of hydrogen-bond donors (Lipinski definition) is 1. The molecule has 9 rings (SSSR count). The average Bonchev–Trinajstić information content (AvgIpc) is 3.18. The minimum atomic E-state index is -1.06. The largest absolute Gasteiger partial charge is 0.497 e. The van der Waals surface area contributed by atoms with Crippen LogP contribution in [-0.2, 0) is 23.9 Å². The number of carbonyl (C=O) groups is 3. The highest BCUT2D eigenvalue weighted by Crippen LogP contribution is 2.54. The van der Waals surface area contributed by atoms with Gasteiger partial charge in [0.1, 0.15) is 47.8 Å². The molecule has 11 heteroatoms. The number of ether oxygens (including phenoxy) is 3. The van der Waals surface area contributed by atoms with E-state index >= 15 is 4.39 Å². The van der Waals surface area contributed by atoms with E-state index in [1.807, 2.05) is 60.2 Å². The Morgan fingerprint density at radius 1 is 1.09 bits per heavy atom. The molecule has 0 spiro atoms. The number of rotatable bonds is 9. The van der Waals surface area contributed by atoms with Crippen LogP contribution < -0.4 is 10.1 Å². The van der Waals surface area contributed by atoms with E-state index in [-0.39, 0.29) is 24.1 Å². The molecule has 0 radical (unpaired) electrons. The maximum Gasteiger partial charge on any atom is 0.328 e. The van der Waals surface area contributed by atoms with Crippen LogP contribution in [0.1, 0.15) is 51.2 Å². The SMILES string of the molecule is C=CC1CC2CCC1CC2[C@H](OC(=O)[C@H](C)NC(=O)C1=CN2C3C(=C(N4CCN(C)CC4)C(F)=CC3C1=O)OC[C@@H]2C)c1cccc2ccc(OC)cc12. The third-order valence-corrected chi connectivity index (χ3v) is 12.9. The Labute approximate surface area is 316 Å². The zero-order chi connectivity index (χ0) is 37.8. The second-order valence-electron chi connectivity index (χ2n) is 16.1. The molecule has 2 bridgehead atoms. The van der Waals surface area contributed by atoms with E-state index in [4.69, 9.17) is 14.2 Å². The highest BCUT2D eigenvalue weighted by molar-refractivity contribution is 6.21. The first-order valence-electron chi connectivity index (χ1n) is 19.5. The summed E-state index contributed by atoms with van der Waals surface area (Å²) in [7, 11) is 3.67. The smallest absolute Gasteiger partial charge is 0.328 e. The van der Waals surface area contributed by atoms with Crippen molar-refractivity contribution in [2.24, 2.45) is 29.6 Å². The van der Waals surface area contributed by atoms with Crippen molar-refractivity contribution in [2.75, 3.05) is 46.9 Å². The summed E-state index contributed by atoms with van der Waals surface area (Å²) < 4.78 is 34.2. The Morgan fingerprint density at radius 3 is 2.59 bits per heavy atom. The van der Waals surface area contributed by atoms with Crippen LogP contribution in [0.3, 0.4) is 0 Å². The summed E-state index contributed by atoms with van der Waals surface area (Å²) in [5, 5.41) is 4.74. The molecule has 0 aromatic heterocycles. The van der Waals surface area contributed by atoms with Crippen molar-refractivity contribution in [3.63, 3.8) is 0 Å². The van der Waals surface area contributed by atoms with Gasteiger partial charge >= 0.3 is 5.97 Å². The van der Waals surface area contributed by atoms with E-state index in [0.29, 0.717) is 48.0 Å². The zero-order valence-corrected chi connectivity index (χ0v) is 31.6. The predicted molar refractivity (Wildman–Crippen MR) is 202 cm³/mol. The van der Waals surface area contributed by atoms with Crippen LogP contribution in [0, 0.1) is 29.6 Å². The molecule has 286 valence electrons. The molecule has 1 N–H and O–H groups in total. The van der Waals surface area contributed by atoms with E-state index in [1.165, 1.54) is 6.08 Å². The molecule has 10 nitrogen and oxygen atoms in total. The minimum Gasteiger partial charge on any atom is -0.497 e. The minimum absolute atomic E-state index is 0.0944. The third kappa shape index (κ3) is 6.37. The first-order valence-corrected chi connectivity index (χ1v) is 19.5. The fraction of sp³-hybridized carbons (Fsp3) is 0.512. The van der Waals surface area contributed by atoms with E-state index < -0.39 is 47.6 Å². The Hall–Kier alpha value is -4.64. The lowest BCUT2D eigenvalue weighted by Gasteiger charge is -2.49. The van der Waals surface area contributed by atoms with Crippen LogP contribution in [0.5, 0.6) is 5.75 Å². The van der Waals surface area contributed by atoms with Gasteiger partial charge in [-0.25, -0.2) is 9.18 Å². The summed E-state index contributed by atoms with van der Waals surface area (Å²) in [4.78, 5) is 48.2. The summed E-state index contributed by atoms with van der Waals surface area (Å²) in [6.07, 6.45) is 8.57. The number of piperazine rings is 1. The second-order valence-corrected chi connectivity index (χ2v) is 16.1. The summed E-state index contributed by atoms with van der Waals surface area (Å²) in [6.45, 7) is 10.8. The standard InChI is InChI=1S/C43H51FN4O6/c1-6-26-18-29-11-10-28(26)19-33(29)40(31-9-7-8-27-12-13-30(52-5)20-32(27)31)54-43(51)25(3)45-42(50)35-22-48-24(2)23-53-41-37(48)34(39(35)49)21-36(44)38(41)47-16-14-46(4)15-17-47/h6-9,12-13,20-22,24-26,28-29,33-34,37,40H,1,10-11,14-19,23H2,2-5H3,(H,45,50)/t24-,25-,26?,28?,29?,33?,34?,37?,40+/m0/s1. The summed E-state index contributed by atoms with van der Waals surface area (Å²) in [5.41, 5.74) is 1.19. The number of carbonyl (C=O) groups excluding carboxylic acids is 3. The number of likely N-dealkylation sites (N-methyl/N-ethyl adjacent to an activating group) is 1. The van der Waals surface area contributed by atoms with Crippen LogP contribution in [0.25, 0.3) is 10.8 Å². The van der Waals surface area contributed by atoms with Crippen LogP contribution in [0.4, 0.5) is 4.39 Å². The number of methoxy groups -OCH3 is 1. The zero-order valence-electron chi connectivity index (χ0n) is 31.6. The number of Topliss-reactive ketones (excluding diaryl/α,β-unsaturated/α-hetero) is 1. The van der Waals surface area contributed by atoms with Gasteiger partial charge in [0, 0.05) is 43.9 Å². The third-order valence-electron chi connectivity index (χ3n) is 12.9. The molecule has 7 aliphatic rings. The maximum absolute atomic E-state index is 16.0. The molecule has 2 saturated heterocycles. The molecule has 54 heavy (non-hydrogen) atoms. The van der Waals surface area contributed by atoms with Crippen LogP contribution >= 0.6 is 0 Å². The van der Waals surface area contributed by atoms with Gasteiger partial charge < -0.3 is 34.2 Å². The Morgan fingerprint density at radius 2 is 1.87 bits per heavy atom. The molecule has 4 aliphatic carbocycles. The monoisotopic (exact) mass is 738 g/mol. The van der Waals surface area contributed by atoms with Gasteiger partial charge in [-0.05, 0) is 93.3 Å². The normalized spacial score (nSPS) is 30.5. The van der Waals surface area contributed by atoms with Crippen molar-refractivity contribution >= 4 is 28.4 Å². The molecule has 5 fully saturated rings. The van der Waals surface area contributed by atoms with Gasteiger partial charge in [0.05, 0.1) is 24.6 Å². The molecular formula is C43H51FN4O6. The molecule has 2 aromatic rings. The molecule has 3 aliphatic heterocycles. The Balaban J connectivity index is 1.05. The first kappa shape index (κ1) is 36.3. The number of nitrogens with zero attached hydrogens (tertiary/aromatic N) is 3. The lowest BCUT2D eigenvalue weighted by Crippen LogP contribution is -2.58. The van der Waals surface area contributed by atoms with Crippen molar-refractivity contribution in [3.8, 4) is 5.75 Å². The first-order chi connectivity index (χ1) is 26.1. The van der Waals surface area contributed by atoms with Crippen LogP contribution in [0.2, 0.25) is 0 Å². The predicted octanol–water partition coefficient (Wildman–Crippen LogP) is 5.67. The van der Waals surface area contributed by atoms with Crippen molar-refractivity contribution < 1.29 is 33.0 Å². The molecule has 1 amide bonds. The second kappa shape index (κ2) is 14.5. The number of benzene rings is 2. The van der Waals surface area contributed by atoms with Crippen LogP contribution in [-0.4, -0.2) is 97.4 Å². The lowest BCUT2D eigenvalue weighted by molar-refractivity contribution is -0.160. The van der Waals surface area contributed by atoms with E-state index in [9.17, 15) is 14.4 Å². The van der Waals surface area contributed by atoms with Crippen molar-refractivity contribution in [2.45, 2.75) is 63.8 Å². The van der Waals surface area contributed by atoms with Gasteiger partial charge in [0.25, 0.3) is 5.91 Å². The molecule has 3 heterocycles. The number of hydrogen-bond acceptors (Lipinski definition) is 9. The number of amides is 1. The van der Waals surface area contributed by atoms with Gasteiger partial charge in [0.15, 0.2) is 5.78 Å². The summed E-state index contributed by atoms with van der Waals surface area (Å²) in [6, 6.07) is 10.2. The highest BCUT2D eigenvalue weighted by Gasteiger charge is 2.51. The van der Waals surface area contributed by atoms with E-state index in [1.54, 1.807) is 20.2 Å². The van der Waals surface area contributed by atoms with Gasteiger partial charge in [-0.1, -0.05) is 30.3 Å². The maximum atomic E-state index is 16.0. The quantitative estimate of drug-likeness (QED) is 0.198. The highest BCUT2D eigenvalue weighted by atomic mass is 19.1. The number of ketones is 1.